The van der Waals surface area contributed by atoms with E-state index in [1.54, 1.807) is 38.2 Å². The van der Waals surface area contributed by atoms with Crippen LogP contribution in [0.2, 0.25) is 0 Å². The van der Waals surface area contributed by atoms with E-state index in [9.17, 15) is 5.11 Å². The van der Waals surface area contributed by atoms with E-state index in [0.717, 1.165) is 59.8 Å². The minimum atomic E-state index is -1.07. The largest absolute Gasteiger partial charge is 0.497 e. The zero-order valence-corrected chi connectivity index (χ0v) is 21.3. The fraction of sp³-hybridized carbons (Fsp3) is 0.464. The standard InChI is InChI=1S/C28H35FN2O3S/c1-33-22-8-10-26-24(17-22)23(11-13-30-26)25(29)9-7-20-12-14-31(18-21(20)19-32)15-16-35-28-6-4-3-5-27(28)34-2/h3-6,8,10-11,13,17,20-21,25,32H,7,9,12,14-16,18-19H2,1-2H3/t20-,21-,25+/m1/s1. The molecule has 0 amide bonds. The summed E-state index contributed by atoms with van der Waals surface area (Å²) < 4.78 is 26.2. The molecule has 0 aliphatic carbocycles. The molecule has 7 heteroatoms. The number of methoxy groups -OCH3 is 2. The maximum Gasteiger partial charge on any atom is 0.132 e. The Balaban J connectivity index is 1.29. The van der Waals surface area contributed by atoms with Gasteiger partial charge in [0.15, 0.2) is 0 Å². The van der Waals surface area contributed by atoms with Crippen molar-refractivity contribution in [2.45, 2.75) is 30.3 Å². The number of benzene rings is 2. The molecule has 0 radical (unpaired) electrons. The van der Waals surface area contributed by atoms with Crippen LogP contribution in [-0.2, 0) is 0 Å². The average molecular weight is 499 g/mol. The lowest BCUT2D eigenvalue weighted by Crippen LogP contribution is -2.43. The first-order chi connectivity index (χ1) is 17.1. The van der Waals surface area contributed by atoms with E-state index in [0.29, 0.717) is 23.7 Å². The zero-order valence-electron chi connectivity index (χ0n) is 20.5. The lowest BCUT2D eigenvalue weighted by Gasteiger charge is -2.38. The number of likely N-dealkylation sites (tertiary alicyclic amines) is 1. The number of aromatic nitrogens is 1. The minimum Gasteiger partial charge on any atom is -0.497 e. The number of nitrogens with zero attached hydrogens (tertiary/aromatic N) is 2. The molecule has 188 valence electrons. The monoisotopic (exact) mass is 498 g/mol. The molecule has 1 aliphatic rings. The number of ether oxygens (including phenoxy) is 2. The Morgan fingerprint density at radius 3 is 2.80 bits per heavy atom. The van der Waals surface area contributed by atoms with Crippen LogP contribution in [0.5, 0.6) is 11.5 Å². The number of piperidine rings is 1. The Hall–Kier alpha value is -2.35. The van der Waals surface area contributed by atoms with E-state index >= 15 is 4.39 Å². The SMILES string of the molecule is COc1ccc2nccc([C@@H](F)CC[C@@H]3CCN(CCSc4ccccc4OC)C[C@@H]3CO)c2c1. The molecular weight excluding hydrogens is 463 g/mol. The summed E-state index contributed by atoms with van der Waals surface area (Å²) in [5, 5.41) is 10.9. The molecule has 0 saturated carbocycles. The maximum atomic E-state index is 15.4. The number of hydrogen-bond donors (Lipinski definition) is 1. The number of hydrogen-bond acceptors (Lipinski definition) is 6. The highest BCUT2D eigenvalue weighted by molar-refractivity contribution is 7.99. The van der Waals surface area contributed by atoms with Crippen molar-refractivity contribution in [1.29, 1.82) is 0 Å². The van der Waals surface area contributed by atoms with Crippen LogP contribution in [0.15, 0.2) is 59.6 Å². The van der Waals surface area contributed by atoms with Crippen molar-refractivity contribution in [3.8, 4) is 11.5 Å². The Morgan fingerprint density at radius 1 is 1.14 bits per heavy atom. The van der Waals surface area contributed by atoms with Crippen LogP contribution in [-0.4, -0.2) is 61.2 Å². The van der Waals surface area contributed by atoms with Crippen molar-refractivity contribution in [1.82, 2.24) is 9.88 Å². The van der Waals surface area contributed by atoms with Crippen LogP contribution < -0.4 is 9.47 Å². The van der Waals surface area contributed by atoms with Gasteiger partial charge in [-0.25, -0.2) is 4.39 Å². The van der Waals surface area contributed by atoms with Gasteiger partial charge in [-0.05, 0) is 79.6 Å². The molecule has 3 aromatic rings. The quantitative estimate of drug-likeness (QED) is 0.339. The van der Waals surface area contributed by atoms with Crippen LogP contribution in [0.3, 0.4) is 0 Å². The Kier molecular flexibility index (Phi) is 9.24. The van der Waals surface area contributed by atoms with Crippen LogP contribution in [0.25, 0.3) is 10.9 Å². The number of para-hydroxylation sites is 1. The fourth-order valence-corrected chi connectivity index (χ4v) is 6.07. The average Bonchev–Trinajstić information content (AvgIpc) is 2.91. The first kappa shape index (κ1) is 25.7. The number of pyridine rings is 1. The molecule has 1 fully saturated rings. The summed E-state index contributed by atoms with van der Waals surface area (Å²) in [6.07, 6.45) is 2.81. The van der Waals surface area contributed by atoms with Crippen molar-refractivity contribution in [2.75, 3.05) is 46.2 Å². The third-order valence-corrected chi connectivity index (χ3v) is 8.09. The van der Waals surface area contributed by atoms with E-state index < -0.39 is 6.17 Å². The second kappa shape index (κ2) is 12.6. The van der Waals surface area contributed by atoms with Gasteiger partial charge >= 0.3 is 0 Å². The number of halogens is 1. The van der Waals surface area contributed by atoms with Gasteiger partial charge in [0.25, 0.3) is 0 Å². The summed E-state index contributed by atoms with van der Waals surface area (Å²) in [6, 6.07) is 15.4. The number of aliphatic hydroxyl groups excluding tert-OH is 1. The maximum absolute atomic E-state index is 15.4. The first-order valence-electron chi connectivity index (χ1n) is 12.3. The fourth-order valence-electron chi connectivity index (χ4n) is 5.03. The Morgan fingerprint density at radius 2 is 2.00 bits per heavy atom. The smallest absolute Gasteiger partial charge is 0.132 e. The number of alkyl halides is 1. The third kappa shape index (κ3) is 6.46. The van der Waals surface area contributed by atoms with E-state index in [1.807, 2.05) is 36.4 Å². The van der Waals surface area contributed by atoms with Gasteiger partial charge in [-0.2, -0.15) is 0 Å². The van der Waals surface area contributed by atoms with Gasteiger partial charge in [-0.3, -0.25) is 4.98 Å². The molecule has 1 aliphatic heterocycles. The summed E-state index contributed by atoms with van der Waals surface area (Å²) in [6.45, 7) is 2.95. The summed E-state index contributed by atoms with van der Waals surface area (Å²) in [4.78, 5) is 7.94. The van der Waals surface area contributed by atoms with Crippen LogP contribution >= 0.6 is 11.8 Å². The highest BCUT2D eigenvalue weighted by Crippen LogP contribution is 2.35. The second-order valence-corrected chi connectivity index (χ2v) is 10.3. The van der Waals surface area contributed by atoms with Crippen LogP contribution in [0, 0.1) is 11.8 Å². The molecule has 0 bridgehead atoms. The van der Waals surface area contributed by atoms with Crippen molar-refractivity contribution in [3.63, 3.8) is 0 Å². The van der Waals surface area contributed by atoms with Gasteiger partial charge in [0.05, 0.1) is 19.7 Å². The molecule has 35 heavy (non-hydrogen) atoms. The topological polar surface area (TPSA) is 54.8 Å². The number of thioether (sulfide) groups is 1. The minimum absolute atomic E-state index is 0.146. The van der Waals surface area contributed by atoms with E-state index in [4.69, 9.17) is 9.47 Å². The van der Waals surface area contributed by atoms with Crippen molar-refractivity contribution < 1.29 is 19.0 Å². The van der Waals surface area contributed by atoms with E-state index in [-0.39, 0.29) is 12.5 Å². The highest BCUT2D eigenvalue weighted by Gasteiger charge is 2.29. The molecule has 4 rings (SSSR count). The second-order valence-electron chi connectivity index (χ2n) is 9.12. The molecule has 1 N–H and O–H groups in total. The summed E-state index contributed by atoms with van der Waals surface area (Å²) in [7, 11) is 3.31. The number of aliphatic hydroxyl groups is 1. The van der Waals surface area contributed by atoms with Gasteiger partial charge in [0, 0.05) is 41.9 Å². The van der Waals surface area contributed by atoms with Crippen molar-refractivity contribution in [3.05, 3.63) is 60.3 Å². The Labute approximate surface area is 211 Å². The zero-order chi connectivity index (χ0) is 24.6. The van der Waals surface area contributed by atoms with Crippen LogP contribution in [0.4, 0.5) is 4.39 Å². The number of fused-ring (bicyclic) bond motifs is 1. The van der Waals surface area contributed by atoms with E-state index in [2.05, 4.69) is 16.0 Å². The lowest BCUT2D eigenvalue weighted by molar-refractivity contribution is 0.0672. The molecular formula is C28H35FN2O3S. The normalized spacial score (nSPS) is 19.5. The summed E-state index contributed by atoms with van der Waals surface area (Å²) >= 11 is 1.80. The molecule has 0 unspecified atom stereocenters. The molecule has 1 aromatic heterocycles. The number of rotatable bonds is 11. The van der Waals surface area contributed by atoms with Crippen molar-refractivity contribution in [2.24, 2.45) is 11.8 Å². The molecule has 2 heterocycles. The van der Waals surface area contributed by atoms with E-state index in [1.165, 1.54) is 0 Å². The first-order valence-corrected chi connectivity index (χ1v) is 13.3. The molecule has 1 saturated heterocycles. The molecule has 3 atom stereocenters. The van der Waals surface area contributed by atoms with Gasteiger partial charge in [-0.1, -0.05) is 12.1 Å². The summed E-state index contributed by atoms with van der Waals surface area (Å²) in [5.41, 5.74) is 1.44. The third-order valence-electron chi connectivity index (χ3n) is 7.05. The molecule has 5 nitrogen and oxygen atoms in total. The predicted molar refractivity (Wildman–Crippen MR) is 140 cm³/mol. The van der Waals surface area contributed by atoms with Gasteiger partial charge in [0.2, 0.25) is 0 Å². The van der Waals surface area contributed by atoms with Gasteiger partial charge in [-0.15, -0.1) is 11.8 Å². The van der Waals surface area contributed by atoms with Gasteiger partial charge in [0.1, 0.15) is 17.7 Å². The summed E-state index contributed by atoms with van der Waals surface area (Å²) in [5.74, 6) is 3.09. The highest BCUT2D eigenvalue weighted by atomic mass is 32.2. The Bertz CT molecular complexity index is 1100. The van der Waals surface area contributed by atoms with Crippen molar-refractivity contribution >= 4 is 22.7 Å². The van der Waals surface area contributed by atoms with Gasteiger partial charge < -0.3 is 19.5 Å². The predicted octanol–water partition coefficient (Wildman–Crippen LogP) is 5.77. The molecule has 0 spiro atoms. The molecule has 2 aromatic carbocycles. The van der Waals surface area contributed by atoms with Crippen LogP contribution in [0.1, 0.15) is 31.0 Å². The lowest BCUT2D eigenvalue weighted by atomic mass is 9.81.